The Labute approximate surface area is 135 Å². The average Bonchev–Trinajstić information content (AvgIpc) is 2.49. The van der Waals surface area contributed by atoms with Gasteiger partial charge in [-0.3, -0.25) is 4.79 Å². The van der Waals surface area contributed by atoms with Crippen molar-refractivity contribution in [3.63, 3.8) is 0 Å². The minimum Gasteiger partial charge on any atom is -0.493 e. The van der Waals surface area contributed by atoms with Crippen LogP contribution < -0.4 is 15.2 Å². The molecule has 0 atom stereocenters. The zero-order valence-electron chi connectivity index (χ0n) is 12.9. The second-order valence-electron chi connectivity index (χ2n) is 4.91. The van der Waals surface area contributed by atoms with Gasteiger partial charge in [-0.05, 0) is 43.7 Å². The van der Waals surface area contributed by atoms with Crippen LogP contribution in [-0.4, -0.2) is 20.9 Å². The first-order valence-corrected chi connectivity index (χ1v) is 8.54. The van der Waals surface area contributed by atoms with Gasteiger partial charge in [-0.2, -0.15) is 0 Å². The highest BCUT2D eigenvalue weighted by atomic mass is 32.2. The quantitative estimate of drug-likeness (QED) is 0.876. The molecule has 0 aliphatic carbocycles. The number of hydrogen-bond acceptors (Lipinski definition) is 4. The van der Waals surface area contributed by atoms with Gasteiger partial charge in [0.25, 0.3) is 5.91 Å². The number of hydrogen-bond donors (Lipinski definition) is 2. The maximum atomic E-state index is 12.5. The number of anilines is 1. The monoisotopic (exact) mass is 334 g/mol. The molecular formula is C16H18N2O4S. The third-order valence-electron chi connectivity index (χ3n) is 3.22. The summed E-state index contributed by atoms with van der Waals surface area (Å²) in [6, 6.07) is 11.2. The molecule has 0 radical (unpaired) electrons. The van der Waals surface area contributed by atoms with E-state index in [1.54, 1.807) is 37.3 Å². The molecule has 0 saturated carbocycles. The van der Waals surface area contributed by atoms with E-state index >= 15 is 0 Å². The van der Waals surface area contributed by atoms with E-state index in [0.29, 0.717) is 23.6 Å². The van der Waals surface area contributed by atoms with E-state index in [0.717, 1.165) is 5.56 Å². The summed E-state index contributed by atoms with van der Waals surface area (Å²) in [5.74, 6) is 0.0801. The highest BCUT2D eigenvalue weighted by Gasteiger charge is 2.15. The number of carbonyl (C=O) groups is 1. The fraction of sp³-hybridized carbons (Fsp3) is 0.188. The largest absolute Gasteiger partial charge is 0.493 e. The van der Waals surface area contributed by atoms with Crippen LogP contribution in [0.1, 0.15) is 22.8 Å². The summed E-state index contributed by atoms with van der Waals surface area (Å²) >= 11 is 0. The van der Waals surface area contributed by atoms with E-state index in [1.165, 1.54) is 12.1 Å². The fourth-order valence-electron chi connectivity index (χ4n) is 2.04. The number of para-hydroxylation sites is 1. The molecule has 2 aromatic rings. The zero-order valence-corrected chi connectivity index (χ0v) is 13.7. The Morgan fingerprint density at radius 1 is 1.22 bits per heavy atom. The lowest BCUT2D eigenvalue weighted by Gasteiger charge is -2.12. The molecule has 0 fully saturated rings. The fourth-order valence-corrected chi connectivity index (χ4v) is 2.58. The minimum atomic E-state index is -3.84. The normalized spacial score (nSPS) is 11.1. The molecule has 0 aliphatic rings. The van der Waals surface area contributed by atoms with Crippen molar-refractivity contribution >= 4 is 21.6 Å². The highest BCUT2D eigenvalue weighted by Crippen LogP contribution is 2.23. The Morgan fingerprint density at radius 2 is 1.91 bits per heavy atom. The summed E-state index contributed by atoms with van der Waals surface area (Å²) in [5, 5.41) is 7.82. The van der Waals surface area contributed by atoms with Gasteiger partial charge in [0.15, 0.2) is 0 Å². The molecule has 0 unspecified atom stereocenters. The Balaban J connectivity index is 2.34. The van der Waals surface area contributed by atoms with E-state index in [2.05, 4.69) is 5.32 Å². The van der Waals surface area contributed by atoms with E-state index in [1.807, 2.05) is 6.92 Å². The molecular weight excluding hydrogens is 316 g/mol. The average molecular weight is 334 g/mol. The van der Waals surface area contributed by atoms with Gasteiger partial charge in [0.05, 0.1) is 17.1 Å². The van der Waals surface area contributed by atoms with Gasteiger partial charge in [0.1, 0.15) is 5.75 Å². The van der Waals surface area contributed by atoms with Gasteiger partial charge in [-0.15, -0.1) is 0 Å². The van der Waals surface area contributed by atoms with Gasteiger partial charge in [-0.25, -0.2) is 13.6 Å². The SMILES string of the molecule is CCOc1ccccc1C(=O)Nc1cc(S(N)(=O)=O)ccc1C. The van der Waals surface area contributed by atoms with Crippen molar-refractivity contribution in [1.82, 2.24) is 0 Å². The predicted molar refractivity (Wildman–Crippen MR) is 88.1 cm³/mol. The molecule has 0 spiro atoms. The second-order valence-corrected chi connectivity index (χ2v) is 6.47. The summed E-state index contributed by atoms with van der Waals surface area (Å²) in [6.45, 7) is 4.02. The molecule has 7 heteroatoms. The summed E-state index contributed by atoms with van der Waals surface area (Å²) in [6.07, 6.45) is 0. The molecule has 0 aliphatic heterocycles. The molecule has 0 saturated heterocycles. The van der Waals surface area contributed by atoms with Gasteiger partial charge in [-0.1, -0.05) is 18.2 Å². The van der Waals surface area contributed by atoms with Crippen LogP contribution in [0.5, 0.6) is 5.75 Å². The van der Waals surface area contributed by atoms with E-state index in [9.17, 15) is 13.2 Å². The second kappa shape index (κ2) is 6.80. The molecule has 2 rings (SSSR count). The minimum absolute atomic E-state index is 0.0588. The van der Waals surface area contributed by atoms with Crippen LogP contribution in [0.15, 0.2) is 47.4 Å². The number of nitrogens with one attached hydrogen (secondary N) is 1. The van der Waals surface area contributed by atoms with Crippen molar-refractivity contribution in [2.75, 3.05) is 11.9 Å². The van der Waals surface area contributed by atoms with Gasteiger partial charge >= 0.3 is 0 Å². The molecule has 6 nitrogen and oxygen atoms in total. The maximum absolute atomic E-state index is 12.5. The highest BCUT2D eigenvalue weighted by molar-refractivity contribution is 7.89. The van der Waals surface area contributed by atoms with E-state index in [4.69, 9.17) is 9.88 Å². The molecule has 122 valence electrons. The molecule has 1 amide bonds. The number of rotatable bonds is 5. The maximum Gasteiger partial charge on any atom is 0.259 e. The van der Waals surface area contributed by atoms with E-state index in [-0.39, 0.29) is 10.8 Å². The lowest BCUT2D eigenvalue weighted by molar-refractivity contribution is 0.102. The number of ether oxygens (including phenoxy) is 1. The molecule has 0 aromatic heterocycles. The van der Waals surface area contributed by atoms with Crippen molar-refractivity contribution in [2.45, 2.75) is 18.7 Å². The summed E-state index contributed by atoms with van der Waals surface area (Å²) in [5.41, 5.74) is 1.47. The van der Waals surface area contributed by atoms with Gasteiger partial charge in [0, 0.05) is 5.69 Å². The Hall–Kier alpha value is -2.38. The van der Waals surface area contributed by atoms with Crippen LogP contribution in [0.25, 0.3) is 0 Å². The number of nitrogens with two attached hydrogens (primary N) is 1. The Bertz CT molecular complexity index is 832. The van der Waals surface area contributed by atoms with Crippen LogP contribution >= 0.6 is 0 Å². The van der Waals surface area contributed by atoms with Gasteiger partial charge < -0.3 is 10.1 Å². The van der Waals surface area contributed by atoms with Crippen LogP contribution in [0.3, 0.4) is 0 Å². The smallest absolute Gasteiger partial charge is 0.259 e. The topological polar surface area (TPSA) is 98.5 Å². The van der Waals surface area contributed by atoms with Crippen LogP contribution in [-0.2, 0) is 10.0 Å². The molecule has 0 heterocycles. The van der Waals surface area contributed by atoms with Gasteiger partial charge in [0.2, 0.25) is 10.0 Å². The standard InChI is InChI=1S/C16H18N2O4S/c1-3-22-15-7-5-4-6-13(15)16(19)18-14-10-12(23(17,20)21)9-8-11(14)2/h4-10H,3H2,1-2H3,(H,18,19)(H2,17,20,21). The number of amides is 1. The summed E-state index contributed by atoms with van der Waals surface area (Å²) in [4.78, 5) is 12.4. The first-order valence-electron chi connectivity index (χ1n) is 6.99. The van der Waals surface area contributed by atoms with Crippen molar-refractivity contribution < 1.29 is 17.9 Å². The number of sulfonamides is 1. The van der Waals surface area contributed by atoms with Crippen LogP contribution in [0.4, 0.5) is 5.69 Å². The third kappa shape index (κ3) is 4.08. The van der Waals surface area contributed by atoms with Crippen molar-refractivity contribution in [3.05, 3.63) is 53.6 Å². The Morgan fingerprint density at radius 3 is 2.57 bits per heavy atom. The number of aryl methyl sites for hydroxylation is 1. The molecule has 2 aromatic carbocycles. The zero-order chi connectivity index (χ0) is 17.0. The molecule has 3 N–H and O–H groups in total. The number of benzene rings is 2. The molecule has 0 bridgehead atoms. The lowest BCUT2D eigenvalue weighted by Crippen LogP contribution is -2.16. The summed E-state index contributed by atoms with van der Waals surface area (Å²) < 4.78 is 28.3. The predicted octanol–water partition coefficient (Wildman–Crippen LogP) is 2.29. The first kappa shape index (κ1) is 17.0. The molecule has 23 heavy (non-hydrogen) atoms. The number of carbonyl (C=O) groups excluding carboxylic acids is 1. The summed E-state index contributed by atoms with van der Waals surface area (Å²) in [7, 11) is -3.84. The van der Waals surface area contributed by atoms with Crippen molar-refractivity contribution in [3.8, 4) is 5.75 Å². The van der Waals surface area contributed by atoms with Crippen molar-refractivity contribution in [1.29, 1.82) is 0 Å². The third-order valence-corrected chi connectivity index (χ3v) is 4.13. The first-order chi connectivity index (χ1) is 10.8. The van der Waals surface area contributed by atoms with Crippen LogP contribution in [0.2, 0.25) is 0 Å². The van der Waals surface area contributed by atoms with E-state index < -0.39 is 10.0 Å². The lowest BCUT2D eigenvalue weighted by atomic mass is 10.1. The Kier molecular flexibility index (Phi) is 5.02. The van der Waals surface area contributed by atoms with Crippen molar-refractivity contribution in [2.24, 2.45) is 5.14 Å². The number of primary sulfonamides is 1. The van der Waals surface area contributed by atoms with Crippen LogP contribution in [0, 0.1) is 6.92 Å².